The molecule has 1 aliphatic carbocycles. The van der Waals surface area contributed by atoms with E-state index in [-0.39, 0.29) is 0 Å². The lowest BCUT2D eigenvalue weighted by atomic mass is 9.96. The highest BCUT2D eigenvalue weighted by Gasteiger charge is 2.16. The SMILES string of the molecule is Brc1ccccc1Nc1cc(-c2ccncc2)nc(NC2CCCCC2)n1. The lowest BCUT2D eigenvalue weighted by Crippen LogP contribution is -2.23. The van der Waals surface area contributed by atoms with E-state index in [0.29, 0.717) is 12.0 Å². The molecule has 0 aliphatic heterocycles. The lowest BCUT2D eigenvalue weighted by molar-refractivity contribution is 0.461. The molecular formula is C21H22BrN5. The standard InChI is InChI=1S/C21H22BrN5/c22-17-8-4-5-9-18(17)25-20-14-19(15-10-12-23-13-11-15)26-21(27-20)24-16-6-2-1-3-7-16/h4-5,8-14,16H,1-3,6-7H2,(H2,24,25,26,27). The summed E-state index contributed by atoms with van der Waals surface area (Å²) in [5.74, 6) is 1.44. The zero-order valence-electron chi connectivity index (χ0n) is 15.0. The van der Waals surface area contributed by atoms with Gasteiger partial charge in [0, 0.05) is 34.5 Å². The van der Waals surface area contributed by atoms with Gasteiger partial charge in [0.1, 0.15) is 5.82 Å². The van der Waals surface area contributed by atoms with Crippen LogP contribution in [-0.4, -0.2) is 21.0 Å². The van der Waals surface area contributed by atoms with Crippen LogP contribution in [0.5, 0.6) is 0 Å². The van der Waals surface area contributed by atoms with Crippen LogP contribution in [0.2, 0.25) is 0 Å². The molecule has 6 heteroatoms. The van der Waals surface area contributed by atoms with Gasteiger partial charge in [0.15, 0.2) is 0 Å². The Morgan fingerprint density at radius 1 is 0.926 bits per heavy atom. The average molecular weight is 424 g/mol. The molecular weight excluding hydrogens is 402 g/mol. The first-order chi connectivity index (χ1) is 13.3. The third-order valence-corrected chi connectivity index (χ3v) is 5.47. The predicted molar refractivity (Wildman–Crippen MR) is 113 cm³/mol. The maximum atomic E-state index is 4.76. The van der Waals surface area contributed by atoms with Gasteiger partial charge in [0.05, 0.1) is 11.4 Å². The van der Waals surface area contributed by atoms with Crippen LogP contribution in [0, 0.1) is 0 Å². The van der Waals surface area contributed by atoms with Crippen molar-refractivity contribution in [2.45, 2.75) is 38.1 Å². The number of hydrogen-bond acceptors (Lipinski definition) is 5. The van der Waals surface area contributed by atoms with Gasteiger partial charge in [-0.05, 0) is 53.0 Å². The topological polar surface area (TPSA) is 62.7 Å². The van der Waals surface area contributed by atoms with E-state index >= 15 is 0 Å². The fourth-order valence-electron chi connectivity index (χ4n) is 3.38. The van der Waals surface area contributed by atoms with Crippen LogP contribution in [0.15, 0.2) is 59.3 Å². The number of hydrogen-bond donors (Lipinski definition) is 2. The summed E-state index contributed by atoms with van der Waals surface area (Å²) in [4.78, 5) is 13.6. The van der Waals surface area contributed by atoms with Gasteiger partial charge in [-0.15, -0.1) is 0 Å². The van der Waals surface area contributed by atoms with Gasteiger partial charge in [-0.3, -0.25) is 4.98 Å². The molecule has 0 radical (unpaired) electrons. The number of rotatable bonds is 5. The second kappa shape index (κ2) is 8.48. The number of benzene rings is 1. The van der Waals surface area contributed by atoms with Gasteiger partial charge in [-0.1, -0.05) is 31.4 Å². The smallest absolute Gasteiger partial charge is 0.225 e. The van der Waals surface area contributed by atoms with Crippen molar-refractivity contribution in [2.75, 3.05) is 10.6 Å². The number of nitrogens with one attached hydrogen (secondary N) is 2. The molecule has 2 heterocycles. The number of pyridine rings is 1. The minimum Gasteiger partial charge on any atom is -0.351 e. The molecule has 4 rings (SSSR count). The van der Waals surface area contributed by atoms with Crippen molar-refractivity contribution < 1.29 is 0 Å². The molecule has 1 aromatic carbocycles. The van der Waals surface area contributed by atoms with E-state index < -0.39 is 0 Å². The van der Waals surface area contributed by atoms with Crippen LogP contribution in [0.3, 0.4) is 0 Å². The highest BCUT2D eigenvalue weighted by molar-refractivity contribution is 9.10. The number of nitrogens with zero attached hydrogens (tertiary/aromatic N) is 3. The molecule has 5 nitrogen and oxygen atoms in total. The second-order valence-corrected chi connectivity index (χ2v) is 7.64. The molecule has 1 aliphatic rings. The molecule has 0 amide bonds. The normalized spacial score (nSPS) is 14.7. The van der Waals surface area contributed by atoms with Crippen molar-refractivity contribution >= 4 is 33.4 Å². The summed E-state index contributed by atoms with van der Waals surface area (Å²) in [6.07, 6.45) is 9.78. The molecule has 2 N–H and O–H groups in total. The van der Waals surface area contributed by atoms with E-state index in [4.69, 9.17) is 9.97 Å². The van der Waals surface area contributed by atoms with Crippen molar-refractivity contribution in [3.8, 4) is 11.3 Å². The van der Waals surface area contributed by atoms with Crippen molar-refractivity contribution in [1.82, 2.24) is 15.0 Å². The first-order valence-corrected chi connectivity index (χ1v) is 10.1. The van der Waals surface area contributed by atoms with Crippen LogP contribution in [0.4, 0.5) is 17.5 Å². The largest absolute Gasteiger partial charge is 0.351 e. The molecule has 0 unspecified atom stereocenters. The van der Waals surface area contributed by atoms with Gasteiger partial charge in [0.25, 0.3) is 0 Å². The van der Waals surface area contributed by atoms with Crippen molar-refractivity contribution in [2.24, 2.45) is 0 Å². The van der Waals surface area contributed by atoms with E-state index in [1.807, 2.05) is 42.5 Å². The number of aromatic nitrogens is 3. The third-order valence-electron chi connectivity index (χ3n) is 4.78. The quantitative estimate of drug-likeness (QED) is 0.543. The van der Waals surface area contributed by atoms with Gasteiger partial charge in [-0.2, -0.15) is 4.98 Å². The van der Waals surface area contributed by atoms with E-state index in [2.05, 4.69) is 31.5 Å². The first-order valence-electron chi connectivity index (χ1n) is 9.35. The Hall–Kier alpha value is -2.47. The summed E-state index contributed by atoms with van der Waals surface area (Å²) in [5.41, 5.74) is 2.87. The van der Waals surface area contributed by atoms with Crippen molar-refractivity contribution in [1.29, 1.82) is 0 Å². The molecule has 0 atom stereocenters. The maximum Gasteiger partial charge on any atom is 0.225 e. The first kappa shape index (κ1) is 17.9. The number of para-hydroxylation sites is 1. The van der Waals surface area contributed by atoms with Crippen molar-refractivity contribution in [3.05, 3.63) is 59.3 Å². The zero-order chi connectivity index (χ0) is 18.5. The summed E-state index contributed by atoms with van der Waals surface area (Å²) in [7, 11) is 0. The Bertz CT molecular complexity index is 894. The molecule has 2 aromatic heterocycles. The predicted octanol–water partition coefficient (Wildman–Crippen LogP) is 5.79. The molecule has 0 saturated heterocycles. The van der Waals surface area contributed by atoms with Crippen LogP contribution in [0.25, 0.3) is 11.3 Å². The van der Waals surface area contributed by atoms with Crippen LogP contribution in [0.1, 0.15) is 32.1 Å². The highest BCUT2D eigenvalue weighted by Crippen LogP contribution is 2.28. The summed E-state index contributed by atoms with van der Waals surface area (Å²) in [6, 6.07) is 14.4. The van der Waals surface area contributed by atoms with Crippen molar-refractivity contribution in [3.63, 3.8) is 0 Å². The summed E-state index contributed by atoms with van der Waals surface area (Å²) in [5, 5.41) is 6.95. The summed E-state index contributed by atoms with van der Waals surface area (Å²) >= 11 is 3.59. The van der Waals surface area contributed by atoms with E-state index in [1.165, 1.54) is 32.1 Å². The van der Waals surface area contributed by atoms with Gasteiger partial charge in [-0.25, -0.2) is 4.98 Å². The van der Waals surface area contributed by atoms with Gasteiger partial charge in [0.2, 0.25) is 5.95 Å². The molecule has 1 saturated carbocycles. The fourth-order valence-corrected chi connectivity index (χ4v) is 3.76. The fraction of sp³-hybridized carbons (Fsp3) is 0.286. The van der Waals surface area contributed by atoms with E-state index in [0.717, 1.165) is 27.2 Å². The van der Waals surface area contributed by atoms with Gasteiger partial charge >= 0.3 is 0 Å². The molecule has 0 spiro atoms. The Balaban J connectivity index is 1.66. The number of anilines is 3. The molecule has 27 heavy (non-hydrogen) atoms. The minimum atomic E-state index is 0.447. The zero-order valence-corrected chi connectivity index (χ0v) is 16.6. The maximum absolute atomic E-state index is 4.76. The van der Waals surface area contributed by atoms with E-state index in [9.17, 15) is 0 Å². The van der Waals surface area contributed by atoms with Gasteiger partial charge < -0.3 is 10.6 Å². The summed E-state index contributed by atoms with van der Waals surface area (Å²) < 4.78 is 0.996. The monoisotopic (exact) mass is 423 g/mol. The van der Waals surface area contributed by atoms with Crippen LogP contribution in [-0.2, 0) is 0 Å². The third kappa shape index (κ3) is 4.63. The molecule has 138 valence electrons. The summed E-state index contributed by atoms with van der Waals surface area (Å²) in [6.45, 7) is 0. The molecule has 0 bridgehead atoms. The van der Waals surface area contributed by atoms with E-state index in [1.54, 1.807) is 12.4 Å². The van der Waals surface area contributed by atoms with Crippen LogP contribution >= 0.6 is 15.9 Å². The lowest BCUT2D eigenvalue weighted by Gasteiger charge is -2.23. The molecule has 3 aromatic rings. The highest BCUT2D eigenvalue weighted by atomic mass is 79.9. The minimum absolute atomic E-state index is 0.447. The Labute approximate surface area is 167 Å². The number of halogens is 1. The second-order valence-electron chi connectivity index (χ2n) is 6.78. The Morgan fingerprint density at radius 3 is 2.48 bits per heavy atom. The molecule has 1 fully saturated rings. The average Bonchev–Trinajstić information content (AvgIpc) is 2.71. The Morgan fingerprint density at radius 2 is 1.70 bits per heavy atom. The Kier molecular flexibility index (Phi) is 5.63. The van der Waals surface area contributed by atoms with Crippen LogP contribution < -0.4 is 10.6 Å².